The molecule has 0 atom stereocenters. The third kappa shape index (κ3) is 3.93. The number of carbonyl (C=O) groups excluding carboxylic acids is 1. The first-order valence-corrected chi connectivity index (χ1v) is 12.0. The molecule has 3 aromatic rings. The minimum absolute atomic E-state index is 0.247. The monoisotopic (exact) mass is 441 g/mol. The van der Waals surface area contributed by atoms with E-state index < -0.39 is 5.41 Å². The molecule has 1 aromatic carbocycles. The molecule has 0 saturated carbocycles. The molecule has 1 aliphatic heterocycles. The van der Waals surface area contributed by atoms with Crippen LogP contribution in [0.5, 0.6) is 0 Å². The Morgan fingerprint density at radius 2 is 1.83 bits per heavy atom. The highest BCUT2D eigenvalue weighted by molar-refractivity contribution is 7.78. The van der Waals surface area contributed by atoms with Crippen LogP contribution in [-0.4, -0.2) is 35.4 Å². The van der Waals surface area contributed by atoms with Crippen LogP contribution in [-0.2, 0) is 16.6 Å². The Morgan fingerprint density at radius 1 is 1.17 bits per heavy atom. The molecule has 0 aliphatic carbocycles. The summed E-state index contributed by atoms with van der Waals surface area (Å²) in [6, 6.07) is 8.92. The summed E-state index contributed by atoms with van der Waals surface area (Å²) in [5.41, 5.74) is 5.72. The number of aromatic nitrogens is 1. The average molecular weight is 442 g/mol. The summed E-state index contributed by atoms with van der Waals surface area (Å²) >= 11 is 5.92. The number of aromatic amines is 1. The summed E-state index contributed by atoms with van der Waals surface area (Å²) in [4.78, 5) is 21.2. The Labute approximate surface area is 188 Å². The highest BCUT2D eigenvalue weighted by Crippen LogP contribution is 2.41. The lowest BCUT2D eigenvalue weighted by Crippen LogP contribution is -2.41. The van der Waals surface area contributed by atoms with Crippen molar-refractivity contribution in [3.8, 4) is 11.3 Å². The van der Waals surface area contributed by atoms with E-state index in [9.17, 15) is 4.79 Å². The zero-order valence-corrected chi connectivity index (χ0v) is 20.0. The Hall–Kier alpha value is -1.76. The number of fused-ring (bicyclic) bond motifs is 1. The lowest BCUT2D eigenvalue weighted by atomic mass is 9.89. The summed E-state index contributed by atoms with van der Waals surface area (Å²) in [5.74, 6) is 0.247. The average Bonchev–Trinajstić information content (AvgIpc) is 3.41. The van der Waals surface area contributed by atoms with E-state index in [4.69, 9.17) is 0 Å². The van der Waals surface area contributed by atoms with Crippen molar-refractivity contribution in [2.24, 2.45) is 0 Å². The van der Waals surface area contributed by atoms with Gasteiger partial charge in [-0.25, -0.2) is 0 Å². The Balaban J connectivity index is 1.77. The first-order valence-electron chi connectivity index (χ1n) is 10.7. The van der Waals surface area contributed by atoms with Gasteiger partial charge in [-0.15, -0.1) is 11.3 Å². The number of aryl methyl sites for hydroxylation is 2. The number of rotatable bonds is 6. The molecule has 1 amide bonds. The van der Waals surface area contributed by atoms with Crippen molar-refractivity contribution in [1.82, 2.24) is 14.6 Å². The van der Waals surface area contributed by atoms with Gasteiger partial charge in [0, 0.05) is 29.9 Å². The molecule has 0 unspecified atom stereocenters. The molecule has 2 aromatic heterocycles. The van der Waals surface area contributed by atoms with Gasteiger partial charge in [-0.3, -0.25) is 9.52 Å². The first-order chi connectivity index (χ1) is 14.3. The largest absolute Gasteiger partial charge is 0.346 e. The standard InChI is InChI=1S/C24H31N3OS2/c1-15-11-16(2)13-17(12-15)21-18(7-8-25-29)19-14-20(30-22(19)26-21)24(3,4)23(28)27-9-5-6-10-27/h11-14,25-26,29H,5-10H2,1-4H3. The minimum Gasteiger partial charge on any atom is -0.346 e. The van der Waals surface area contributed by atoms with Gasteiger partial charge in [0.15, 0.2) is 0 Å². The van der Waals surface area contributed by atoms with Crippen molar-refractivity contribution in [3.63, 3.8) is 0 Å². The summed E-state index contributed by atoms with van der Waals surface area (Å²) in [7, 11) is 0. The normalized spacial score (nSPS) is 14.8. The van der Waals surface area contributed by atoms with Gasteiger partial charge in [-0.05, 0) is 76.3 Å². The second kappa shape index (κ2) is 8.40. The summed E-state index contributed by atoms with van der Waals surface area (Å²) in [5, 5.41) is 1.23. The van der Waals surface area contributed by atoms with E-state index >= 15 is 0 Å². The summed E-state index contributed by atoms with van der Waals surface area (Å²) in [6.07, 6.45) is 3.11. The SMILES string of the molecule is Cc1cc(C)cc(-c2[nH]c3sc(C(C)(C)C(=O)N4CCCC4)cc3c2CCNS)c1. The molecule has 1 saturated heterocycles. The molecule has 0 spiro atoms. The Morgan fingerprint density at radius 3 is 2.47 bits per heavy atom. The molecule has 1 fully saturated rings. The van der Waals surface area contributed by atoms with E-state index in [1.165, 1.54) is 33.3 Å². The lowest BCUT2D eigenvalue weighted by molar-refractivity contribution is -0.135. The molecular weight excluding hydrogens is 410 g/mol. The highest BCUT2D eigenvalue weighted by Gasteiger charge is 2.36. The van der Waals surface area contributed by atoms with Gasteiger partial charge in [0.05, 0.1) is 11.1 Å². The molecular formula is C24H31N3OS2. The fourth-order valence-electron chi connectivity index (χ4n) is 4.57. The van der Waals surface area contributed by atoms with Crippen LogP contribution in [0.25, 0.3) is 21.5 Å². The second-order valence-electron chi connectivity index (χ2n) is 8.99. The molecule has 0 bridgehead atoms. The van der Waals surface area contributed by atoms with Gasteiger partial charge < -0.3 is 9.88 Å². The number of likely N-dealkylation sites (tertiary alicyclic amines) is 1. The molecule has 4 rings (SSSR count). The molecule has 30 heavy (non-hydrogen) atoms. The topological polar surface area (TPSA) is 48.1 Å². The van der Waals surface area contributed by atoms with Gasteiger partial charge in [0.2, 0.25) is 5.91 Å². The van der Waals surface area contributed by atoms with E-state index in [0.29, 0.717) is 0 Å². The molecule has 3 heterocycles. The van der Waals surface area contributed by atoms with E-state index in [2.05, 4.69) is 74.5 Å². The van der Waals surface area contributed by atoms with E-state index in [1.54, 1.807) is 11.3 Å². The number of benzene rings is 1. The summed E-state index contributed by atoms with van der Waals surface area (Å²) in [6.45, 7) is 11.0. The maximum Gasteiger partial charge on any atom is 0.233 e. The summed E-state index contributed by atoms with van der Waals surface area (Å²) < 4.78 is 2.99. The van der Waals surface area contributed by atoms with Gasteiger partial charge in [-0.1, -0.05) is 30.0 Å². The number of nitrogens with one attached hydrogen (secondary N) is 2. The molecule has 4 nitrogen and oxygen atoms in total. The zero-order valence-electron chi connectivity index (χ0n) is 18.3. The van der Waals surface area contributed by atoms with Crippen molar-refractivity contribution in [2.75, 3.05) is 19.6 Å². The molecule has 0 radical (unpaired) electrons. The van der Waals surface area contributed by atoms with Crippen LogP contribution in [0.1, 0.15) is 48.3 Å². The smallest absolute Gasteiger partial charge is 0.233 e. The van der Waals surface area contributed by atoms with Gasteiger partial charge in [0.1, 0.15) is 4.83 Å². The third-order valence-electron chi connectivity index (χ3n) is 6.14. The zero-order chi connectivity index (χ0) is 21.5. The van der Waals surface area contributed by atoms with Crippen LogP contribution in [0, 0.1) is 13.8 Å². The predicted octanol–water partition coefficient (Wildman–Crippen LogP) is 5.39. The van der Waals surface area contributed by atoms with Crippen LogP contribution in [0.15, 0.2) is 24.3 Å². The number of H-pyrrole nitrogens is 1. The Kier molecular flexibility index (Phi) is 6.02. The third-order valence-corrected chi connectivity index (χ3v) is 7.74. The fraction of sp³-hybridized carbons (Fsp3) is 0.458. The maximum atomic E-state index is 13.2. The van der Waals surface area contributed by atoms with Crippen molar-refractivity contribution < 1.29 is 4.79 Å². The van der Waals surface area contributed by atoms with Crippen molar-refractivity contribution in [3.05, 3.63) is 45.8 Å². The number of hydrogen-bond donors (Lipinski definition) is 3. The number of carbonyl (C=O) groups is 1. The van der Waals surface area contributed by atoms with Crippen LogP contribution in [0.4, 0.5) is 0 Å². The van der Waals surface area contributed by atoms with E-state index in [0.717, 1.165) is 48.6 Å². The quantitative estimate of drug-likeness (QED) is 0.449. The van der Waals surface area contributed by atoms with E-state index in [1.807, 2.05) is 4.90 Å². The second-order valence-corrected chi connectivity index (χ2v) is 10.4. The van der Waals surface area contributed by atoms with Crippen LogP contribution >= 0.6 is 24.2 Å². The Bertz CT molecular complexity index is 1050. The predicted molar refractivity (Wildman–Crippen MR) is 131 cm³/mol. The number of amides is 1. The first kappa shape index (κ1) is 21.5. The molecule has 160 valence electrons. The van der Waals surface area contributed by atoms with Crippen LogP contribution < -0.4 is 4.72 Å². The van der Waals surface area contributed by atoms with Crippen molar-refractivity contribution in [2.45, 2.75) is 52.4 Å². The van der Waals surface area contributed by atoms with Gasteiger partial charge in [-0.2, -0.15) is 0 Å². The number of nitrogens with zero attached hydrogens (tertiary/aromatic N) is 1. The number of hydrogen-bond acceptors (Lipinski definition) is 4. The molecule has 6 heteroatoms. The molecule has 2 N–H and O–H groups in total. The minimum atomic E-state index is -0.506. The molecule has 1 aliphatic rings. The fourth-order valence-corrected chi connectivity index (χ4v) is 5.86. The van der Waals surface area contributed by atoms with Crippen molar-refractivity contribution >= 4 is 40.3 Å². The van der Waals surface area contributed by atoms with Gasteiger partial charge in [0.25, 0.3) is 0 Å². The van der Waals surface area contributed by atoms with Crippen LogP contribution in [0.2, 0.25) is 0 Å². The van der Waals surface area contributed by atoms with Crippen LogP contribution in [0.3, 0.4) is 0 Å². The van der Waals surface area contributed by atoms with Crippen molar-refractivity contribution in [1.29, 1.82) is 0 Å². The lowest BCUT2D eigenvalue weighted by Gasteiger charge is -2.28. The number of thiol groups is 1. The number of thiophene rings is 1. The van der Waals surface area contributed by atoms with Gasteiger partial charge >= 0.3 is 0 Å². The highest BCUT2D eigenvalue weighted by atomic mass is 32.1. The van der Waals surface area contributed by atoms with E-state index in [-0.39, 0.29) is 5.91 Å². The maximum absolute atomic E-state index is 13.2.